The van der Waals surface area contributed by atoms with Crippen LogP contribution < -0.4 is 15.4 Å². The van der Waals surface area contributed by atoms with E-state index in [4.69, 9.17) is 4.74 Å². The van der Waals surface area contributed by atoms with Crippen LogP contribution in [0.15, 0.2) is 58.0 Å². The van der Waals surface area contributed by atoms with Gasteiger partial charge < -0.3 is 10.1 Å². The molecule has 4 aromatic rings. The number of methoxy groups -OCH3 is 1. The summed E-state index contributed by atoms with van der Waals surface area (Å²) in [7, 11) is 1.43. The number of carbonyl (C=O) groups excluding carboxylic acids is 2. The number of hydrogen-bond acceptors (Lipinski definition) is 10. The Morgan fingerprint density at radius 3 is 2.60 bits per heavy atom. The summed E-state index contributed by atoms with van der Waals surface area (Å²) < 4.78 is 47.7. The Balaban J connectivity index is 1.55. The molecule has 0 saturated heterocycles. The number of aromatic nitrogens is 5. The van der Waals surface area contributed by atoms with Gasteiger partial charge in [0.05, 0.1) is 36.2 Å². The lowest BCUT2D eigenvalue weighted by Crippen LogP contribution is -2.25. The van der Waals surface area contributed by atoms with Crippen molar-refractivity contribution >= 4 is 51.8 Å². The Morgan fingerprint density at radius 2 is 1.85 bits per heavy atom. The predicted molar refractivity (Wildman–Crippen MR) is 146 cm³/mol. The minimum atomic E-state index is -4.58. The van der Waals surface area contributed by atoms with Crippen molar-refractivity contribution in [3.05, 3.63) is 65.5 Å². The van der Waals surface area contributed by atoms with Gasteiger partial charge in [0.2, 0.25) is 11.0 Å². The molecule has 2 N–H and O–H groups in total. The van der Waals surface area contributed by atoms with Crippen molar-refractivity contribution in [2.75, 3.05) is 23.9 Å². The quantitative estimate of drug-likeness (QED) is 0.180. The summed E-state index contributed by atoms with van der Waals surface area (Å²) in [4.78, 5) is 25.4. The van der Waals surface area contributed by atoms with Crippen LogP contribution in [0.2, 0.25) is 0 Å². The SMILES string of the molecule is CCSc1nnc(NC(=O)CSc2nnc(CNC(=O)c3ccccc3OC)n2-c2cccc(C(F)(F)F)c2)s1. The van der Waals surface area contributed by atoms with Crippen LogP contribution >= 0.6 is 34.9 Å². The smallest absolute Gasteiger partial charge is 0.416 e. The van der Waals surface area contributed by atoms with E-state index in [0.717, 1.165) is 34.0 Å². The largest absolute Gasteiger partial charge is 0.496 e. The number of nitrogens with one attached hydrogen (secondary N) is 2. The van der Waals surface area contributed by atoms with Gasteiger partial charge in [-0.3, -0.25) is 19.5 Å². The molecular weight excluding hydrogens is 588 g/mol. The number of thioether (sulfide) groups is 2. The second-order valence-corrected chi connectivity index (χ2v) is 11.2. The maximum Gasteiger partial charge on any atom is 0.416 e. The molecule has 2 amide bonds. The zero-order valence-corrected chi connectivity index (χ0v) is 23.5. The Bertz CT molecular complexity index is 1490. The number of halogens is 3. The Hall–Kier alpha value is -3.63. The molecule has 2 heterocycles. The van der Waals surface area contributed by atoms with Crippen LogP contribution in [0.5, 0.6) is 5.75 Å². The fourth-order valence-electron chi connectivity index (χ4n) is 3.40. The molecule has 10 nitrogen and oxygen atoms in total. The Kier molecular flexibility index (Phi) is 9.65. The van der Waals surface area contributed by atoms with Crippen molar-refractivity contribution in [3.63, 3.8) is 0 Å². The molecule has 0 fully saturated rings. The highest BCUT2D eigenvalue weighted by Gasteiger charge is 2.31. The third kappa shape index (κ3) is 7.31. The van der Waals surface area contributed by atoms with Crippen LogP contribution in [0, 0.1) is 0 Å². The molecular formula is C24H22F3N7O3S3. The molecule has 0 spiro atoms. The monoisotopic (exact) mass is 609 g/mol. The molecule has 0 unspecified atom stereocenters. The highest BCUT2D eigenvalue weighted by Crippen LogP contribution is 2.32. The third-order valence-electron chi connectivity index (χ3n) is 5.14. The summed E-state index contributed by atoms with van der Waals surface area (Å²) >= 11 is 3.70. The van der Waals surface area contributed by atoms with Crippen molar-refractivity contribution in [3.8, 4) is 11.4 Å². The van der Waals surface area contributed by atoms with Crippen LogP contribution in [0.25, 0.3) is 5.69 Å². The van der Waals surface area contributed by atoms with Gasteiger partial charge in [-0.2, -0.15) is 13.2 Å². The van der Waals surface area contributed by atoms with E-state index in [9.17, 15) is 22.8 Å². The molecule has 210 valence electrons. The van der Waals surface area contributed by atoms with E-state index in [1.54, 1.807) is 24.3 Å². The van der Waals surface area contributed by atoms with Gasteiger partial charge in [-0.15, -0.1) is 20.4 Å². The molecule has 0 aliphatic carbocycles. The average molecular weight is 610 g/mol. The lowest BCUT2D eigenvalue weighted by atomic mass is 10.2. The first-order valence-corrected chi connectivity index (χ1v) is 14.4. The number of ether oxygens (including phenoxy) is 1. The number of carbonyl (C=O) groups is 2. The van der Waals surface area contributed by atoms with Gasteiger partial charge >= 0.3 is 6.18 Å². The second kappa shape index (κ2) is 13.1. The normalized spacial score (nSPS) is 11.3. The zero-order chi connectivity index (χ0) is 28.7. The molecule has 0 aliphatic rings. The van der Waals surface area contributed by atoms with Gasteiger partial charge in [-0.25, -0.2) is 0 Å². The third-order valence-corrected chi connectivity index (χ3v) is 7.93. The van der Waals surface area contributed by atoms with Gasteiger partial charge in [0.15, 0.2) is 15.3 Å². The number of amides is 2. The molecule has 2 aromatic carbocycles. The van der Waals surface area contributed by atoms with Gasteiger partial charge in [0.25, 0.3) is 5.91 Å². The molecule has 0 atom stereocenters. The van der Waals surface area contributed by atoms with E-state index < -0.39 is 23.6 Å². The van der Waals surface area contributed by atoms with Gasteiger partial charge in [-0.05, 0) is 36.1 Å². The summed E-state index contributed by atoms with van der Waals surface area (Å²) in [5.41, 5.74) is -0.471. The van der Waals surface area contributed by atoms with E-state index in [2.05, 4.69) is 31.0 Å². The van der Waals surface area contributed by atoms with Crippen LogP contribution in [0.3, 0.4) is 0 Å². The molecule has 0 aliphatic heterocycles. The topological polar surface area (TPSA) is 124 Å². The minimum absolute atomic E-state index is 0.120. The maximum absolute atomic E-state index is 13.5. The Morgan fingerprint density at radius 1 is 1.05 bits per heavy atom. The van der Waals surface area contributed by atoms with Crippen molar-refractivity contribution in [1.82, 2.24) is 30.3 Å². The van der Waals surface area contributed by atoms with Crippen LogP contribution in [-0.4, -0.2) is 55.4 Å². The summed E-state index contributed by atoms with van der Waals surface area (Å²) in [5.74, 6) is 0.334. The first-order chi connectivity index (χ1) is 19.2. The fourth-order valence-corrected chi connectivity index (χ4v) is 5.84. The lowest BCUT2D eigenvalue weighted by molar-refractivity contribution is -0.137. The van der Waals surface area contributed by atoms with Crippen LogP contribution in [-0.2, 0) is 17.5 Å². The van der Waals surface area contributed by atoms with Crippen molar-refractivity contribution in [2.45, 2.75) is 29.1 Å². The first kappa shape index (κ1) is 29.4. The number of alkyl halides is 3. The molecule has 2 aromatic heterocycles. The number of nitrogens with zero attached hydrogens (tertiary/aromatic N) is 5. The molecule has 0 radical (unpaired) electrons. The predicted octanol–water partition coefficient (Wildman–Crippen LogP) is 4.92. The number of hydrogen-bond donors (Lipinski definition) is 2. The summed E-state index contributed by atoms with van der Waals surface area (Å²) in [6.45, 7) is 1.81. The van der Waals surface area contributed by atoms with Gasteiger partial charge in [-0.1, -0.05) is 60.0 Å². The highest BCUT2D eigenvalue weighted by molar-refractivity contribution is 8.01. The van der Waals surface area contributed by atoms with Crippen molar-refractivity contribution in [1.29, 1.82) is 0 Å². The molecule has 16 heteroatoms. The van der Waals surface area contributed by atoms with Crippen molar-refractivity contribution < 1.29 is 27.5 Å². The first-order valence-electron chi connectivity index (χ1n) is 11.6. The fraction of sp³-hybridized carbons (Fsp3) is 0.250. The lowest BCUT2D eigenvalue weighted by Gasteiger charge is -2.14. The number of para-hydroxylation sites is 1. The van der Waals surface area contributed by atoms with E-state index in [-0.39, 0.29) is 34.5 Å². The maximum atomic E-state index is 13.5. The molecule has 40 heavy (non-hydrogen) atoms. The number of anilines is 1. The van der Waals surface area contributed by atoms with Gasteiger partial charge in [0, 0.05) is 0 Å². The average Bonchev–Trinajstić information content (AvgIpc) is 3.56. The Labute approximate surface area is 239 Å². The molecule has 0 bridgehead atoms. The van der Waals surface area contributed by atoms with E-state index >= 15 is 0 Å². The van der Waals surface area contributed by atoms with Crippen molar-refractivity contribution in [2.24, 2.45) is 0 Å². The van der Waals surface area contributed by atoms with E-state index in [0.29, 0.717) is 10.9 Å². The second-order valence-electron chi connectivity index (χ2n) is 7.81. The summed E-state index contributed by atoms with van der Waals surface area (Å²) in [5, 5.41) is 21.9. The number of benzene rings is 2. The van der Waals surface area contributed by atoms with E-state index in [1.165, 1.54) is 46.9 Å². The van der Waals surface area contributed by atoms with Crippen LogP contribution in [0.4, 0.5) is 18.3 Å². The molecule has 4 rings (SSSR count). The molecule has 0 saturated carbocycles. The zero-order valence-electron chi connectivity index (χ0n) is 21.1. The minimum Gasteiger partial charge on any atom is -0.496 e. The van der Waals surface area contributed by atoms with Crippen LogP contribution in [0.1, 0.15) is 28.7 Å². The standard InChI is InChI=1S/C24H22F3N7O3S3/c1-3-38-23-33-31-21(40-23)29-19(35)13-39-22-32-30-18(12-28-20(36)16-9-4-5-10-17(16)37-2)34(22)15-8-6-7-14(11-15)24(25,26)27/h4-11H,3,12-13H2,1-2H3,(H,28,36)(H,29,31,35). The summed E-state index contributed by atoms with van der Waals surface area (Å²) in [6.07, 6.45) is -4.58. The highest BCUT2D eigenvalue weighted by atomic mass is 32.2. The van der Waals surface area contributed by atoms with Gasteiger partial charge in [0.1, 0.15) is 5.75 Å². The number of rotatable bonds is 11. The summed E-state index contributed by atoms with van der Waals surface area (Å²) in [6, 6.07) is 11.2. The van der Waals surface area contributed by atoms with E-state index in [1.807, 2.05) is 6.92 Å².